The van der Waals surface area contributed by atoms with Gasteiger partial charge in [0.25, 0.3) is 0 Å². The van der Waals surface area contributed by atoms with Gasteiger partial charge < -0.3 is 29.4 Å². The molecule has 0 unspecified atom stereocenters. The summed E-state index contributed by atoms with van der Waals surface area (Å²) in [7, 11) is 0. The van der Waals surface area contributed by atoms with Gasteiger partial charge in [-0.15, -0.1) is 54.4 Å². The van der Waals surface area contributed by atoms with Gasteiger partial charge in [-0.25, -0.2) is 11.1 Å². The summed E-state index contributed by atoms with van der Waals surface area (Å²) in [5.74, 6) is 0. The molecule has 1 aliphatic rings. The second-order valence-electron chi connectivity index (χ2n) is 7.30. The molecule has 1 aliphatic carbocycles. The smallest absolute Gasteiger partial charge is 1.00 e. The zero-order valence-electron chi connectivity index (χ0n) is 17.8. The standard InChI is InChI=1S/C19H16N.C7H9.2ClH.Zr/c1-13-14(2)20(19-10-6-5-9-18(13)19)17-11-15-7-3-4-8-16(15)12-17;1-6-4-3-5-7(6)2;;;/h3-12H,1-2H3;4H,3H2,1-2H3;2*1H;/q2*-1;;;+4/p-2. The number of para-hydroxylation sites is 1. The van der Waals surface area contributed by atoms with Crippen LogP contribution in [0.15, 0.2) is 77.9 Å². The molecule has 1 heterocycles. The van der Waals surface area contributed by atoms with Crippen molar-refractivity contribution in [3.8, 4) is 5.69 Å². The van der Waals surface area contributed by atoms with E-state index in [4.69, 9.17) is 0 Å². The zero-order chi connectivity index (χ0) is 19.0. The molecule has 1 nitrogen and oxygen atoms in total. The van der Waals surface area contributed by atoms with Gasteiger partial charge in [-0.2, -0.15) is 6.08 Å². The number of nitrogens with zero attached hydrogens (tertiary/aromatic N) is 1. The fraction of sp³-hybridized carbons (Fsp3) is 0.192. The number of fused-ring (bicyclic) bond motifs is 2. The summed E-state index contributed by atoms with van der Waals surface area (Å²) < 4.78 is 2.37. The topological polar surface area (TPSA) is 4.93 Å². The molecule has 0 fully saturated rings. The molecule has 0 saturated heterocycles. The molecule has 3 aromatic carbocycles. The van der Waals surface area contributed by atoms with Gasteiger partial charge in [-0.1, -0.05) is 31.2 Å². The number of aryl methyl sites for hydroxylation is 1. The molecule has 152 valence electrons. The van der Waals surface area contributed by atoms with E-state index in [-0.39, 0.29) is 51.0 Å². The summed E-state index contributed by atoms with van der Waals surface area (Å²) in [5, 5.41) is 3.95. The van der Waals surface area contributed by atoms with Crippen LogP contribution in [0.3, 0.4) is 0 Å². The van der Waals surface area contributed by atoms with E-state index in [1.165, 1.54) is 49.8 Å². The summed E-state index contributed by atoms with van der Waals surface area (Å²) in [5.41, 5.74) is 7.94. The maximum atomic E-state index is 3.19. The van der Waals surface area contributed by atoms with Crippen molar-refractivity contribution >= 4 is 21.7 Å². The van der Waals surface area contributed by atoms with Crippen LogP contribution in [0.4, 0.5) is 0 Å². The molecular weight excluding hydrogens is 488 g/mol. The molecule has 1 aromatic heterocycles. The van der Waals surface area contributed by atoms with Gasteiger partial charge >= 0.3 is 26.2 Å². The first-order valence-electron chi connectivity index (χ1n) is 9.53. The van der Waals surface area contributed by atoms with Gasteiger partial charge in [0.05, 0.1) is 5.52 Å². The minimum atomic E-state index is 0. The molecule has 0 spiro atoms. The van der Waals surface area contributed by atoms with Gasteiger partial charge in [0.2, 0.25) is 0 Å². The Balaban J connectivity index is 0.000000391. The molecule has 0 bridgehead atoms. The SMILES string of the molecule is CC1=[C-]CC=C1C.Cc1c(C)n(-c2cc3ccccc3[cH-]2)c2ccccc12.[Cl-].[Cl-].[Zr+4]. The van der Waals surface area contributed by atoms with Crippen LogP contribution in [0.2, 0.25) is 0 Å². The molecule has 0 amide bonds. The van der Waals surface area contributed by atoms with Gasteiger partial charge in [-0.05, 0) is 31.2 Å². The minimum absolute atomic E-state index is 0. The number of halogens is 2. The first-order chi connectivity index (χ1) is 13.1. The van der Waals surface area contributed by atoms with Crippen molar-refractivity contribution < 1.29 is 51.0 Å². The van der Waals surface area contributed by atoms with E-state index in [9.17, 15) is 0 Å². The van der Waals surface area contributed by atoms with E-state index < -0.39 is 0 Å². The fourth-order valence-corrected chi connectivity index (χ4v) is 3.77. The maximum absolute atomic E-state index is 3.19. The van der Waals surface area contributed by atoms with Crippen LogP contribution in [0.1, 0.15) is 31.5 Å². The molecular formula is C26H25Cl2NZr. The van der Waals surface area contributed by atoms with Gasteiger partial charge in [0.15, 0.2) is 0 Å². The van der Waals surface area contributed by atoms with Crippen LogP contribution in [-0.2, 0) is 26.2 Å². The molecule has 30 heavy (non-hydrogen) atoms. The third-order valence-electron chi connectivity index (χ3n) is 5.66. The number of hydrogen-bond donors (Lipinski definition) is 0. The summed E-state index contributed by atoms with van der Waals surface area (Å²) in [6, 6.07) is 21.7. The van der Waals surface area contributed by atoms with Gasteiger partial charge in [-0.3, -0.25) is 6.08 Å². The van der Waals surface area contributed by atoms with Crippen molar-refractivity contribution in [3.63, 3.8) is 0 Å². The molecule has 0 saturated carbocycles. The van der Waals surface area contributed by atoms with Crippen molar-refractivity contribution in [2.75, 3.05) is 0 Å². The monoisotopic (exact) mass is 511 g/mol. The number of benzene rings is 2. The van der Waals surface area contributed by atoms with Crippen LogP contribution >= 0.6 is 0 Å². The van der Waals surface area contributed by atoms with Crippen LogP contribution in [0.25, 0.3) is 27.4 Å². The van der Waals surface area contributed by atoms with Crippen LogP contribution < -0.4 is 24.8 Å². The third-order valence-corrected chi connectivity index (χ3v) is 5.66. The number of rotatable bonds is 1. The van der Waals surface area contributed by atoms with Crippen LogP contribution in [0, 0.1) is 19.9 Å². The number of aromatic nitrogens is 1. The predicted molar refractivity (Wildman–Crippen MR) is 117 cm³/mol. The number of allylic oxidation sites excluding steroid dienone is 4. The molecule has 5 rings (SSSR count). The minimum Gasteiger partial charge on any atom is -1.00 e. The van der Waals surface area contributed by atoms with E-state index in [1.54, 1.807) is 0 Å². The van der Waals surface area contributed by atoms with Crippen molar-refractivity contribution in [1.82, 2.24) is 4.57 Å². The van der Waals surface area contributed by atoms with Crippen molar-refractivity contribution in [1.29, 1.82) is 0 Å². The molecule has 0 aliphatic heterocycles. The molecule has 0 N–H and O–H groups in total. The largest absolute Gasteiger partial charge is 4.00 e. The Morgan fingerprint density at radius 2 is 1.57 bits per heavy atom. The van der Waals surface area contributed by atoms with Gasteiger partial charge in [0, 0.05) is 11.1 Å². The first kappa shape index (κ1) is 26.6. The number of hydrogen-bond acceptors (Lipinski definition) is 0. The summed E-state index contributed by atoms with van der Waals surface area (Å²) in [6.45, 7) is 8.62. The second kappa shape index (κ2) is 11.2. The Labute approximate surface area is 211 Å². The Morgan fingerprint density at radius 1 is 0.900 bits per heavy atom. The Kier molecular flexibility index (Phi) is 9.95. The maximum Gasteiger partial charge on any atom is 4.00 e. The fourth-order valence-electron chi connectivity index (χ4n) is 3.77. The van der Waals surface area contributed by atoms with Crippen LogP contribution in [0.5, 0.6) is 0 Å². The van der Waals surface area contributed by atoms with Crippen LogP contribution in [-0.4, -0.2) is 4.57 Å². The summed E-state index contributed by atoms with van der Waals surface area (Å²) in [6.07, 6.45) is 6.41. The molecule has 4 aromatic rings. The second-order valence-corrected chi connectivity index (χ2v) is 7.30. The van der Waals surface area contributed by atoms with E-state index in [2.05, 4.69) is 105 Å². The average Bonchev–Trinajstić information content (AvgIpc) is 3.34. The quantitative estimate of drug-likeness (QED) is 0.338. The predicted octanol–water partition coefficient (Wildman–Crippen LogP) is 1.21. The first-order valence-corrected chi connectivity index (χ1v) is 9.53. The van der Waals surface area contributed by atoms with E-state index in [1.807, 2.05) is 0 Å². The third kappa shape index (κ3) is 5.05. The molecule has 0 radical (unpaired) electrons. The zero-order valence-corrected chi connectivity index (χ0v) is 21.7. The van der Waals surface area contributed by atoms with E-state index in [0.717, 1.165) is 6.42 Å². The average molecular weight is 514 g/mol. The molecule has 0 atom stereocenters. The normalized spacial score (nSPS) is 12.1. The Bertz CT molecular complexity index is 1150. The Morgan fingerprint density at radius 3 is 2.17 bits per heavy atom. The van der Waals surface area contributed by atoms with E-state index >= 15 is 0 Å². The van der Waals surface area contributed by atoms with Gasteiger partial charge in [0.1, 0.15) is 0 Å². The van der Waals surface area contributed by atoms with Crippen molar-refractivity contribution in [2.45, 2.75) is 34.1 Å². The van der Waals surface area contributed by atoms with E-state index in [0.29, 0.717) is 0 Å². The van der Waals surface area contributed by atoms with Crippen molar-refractivity contribution in [2.24, 2.45) is 0 Å². The molecule has 4 heteroatoms. The summed E-state index contributed by atoms with van der Waals surface area (Å²) in [4.78, 5) is 0. The summed E-state index contributed by atoms with van der Waals surface area (Å²) >= 11 is 0. The Hall–Kier alpha value is -1.47. The van der Waals surface area contributed by atoms with Crippen molar-refractivity contribution in [3.05, 3.63) is 95.2 Å².